The number of carbonyl (C=O) groups is 6. The molecule has 1 saturated heterocycles. The van der Waals surface area contributed by atoms with Crippen molar-refractivity contribution in [3.63, 3.8) is 0 Å². The third-order valence-corrected chi connectivity index (χ3v) is 5.09. The number of nitrogens with zero attached hydrogens (tertiary/aromatic N) is 1. The standard InChI is InChI=1S/C23H28N4O7/c28-13-5-8-18(26-20(30)11-10-16-6-2-1-3-7-16)23(34)27-19(9-4-12-24-27)22(33)25-17(15-29)14-21(31)32/h1-3,6-7,10-11,13,15,17-19,24H,4-5,8-9,12,14H2,(H,25,33)(H,26,30)(H,31,32)/b11-10+/t17-,18-,19-/m0/s1. The SMILES string of the molecule is O=CCC[C@H](NC(=O)/C=C/c1ccccc1)C(=O)N1NCCC[C@H]1C(=O)N[C@H](C=O)CC(=O)O. The fourth-order valence-electron chi connectivity index (χ4n) is 3.43. The number of hydrogen-bond donors (Lipinski definition) is 4. The van der Waals surface area contributed by atoms with Crippen LogP contribution in [0.1, 0.15) is 37.7 Å². The summed E-state index contributed by atoms with van der Waals surface area (Å²) in [4.78, 5) is 71.3. The van der Waals surface area contributed by atoms with Crippen LogP contribution in [0.15, 0.2) is 36.4 Å². The smallest absolute Gasteiger partial charge is 0.305 e. The summed E-state index contributed by atoms with van der Waals surface area (Å²) in [5.41, 5.74) is 3.62. The van der Waals surface area contributed by atoms with Gasteiger partial charge in [-0.25, -0.2) is 5.43 Å². The molecule has 0 saturated carbocycles. The van der Waals surface area contributed by atoms with E-state index in [-0.39, 0.29) is 19.3 Å². The summed E-state index contributed by atoms with van der Waals surface area (Å²) in [6, 6.07) is 5.72. The first-order chi connectivity index (χ1) is 16.3. The summed E-state index contributed by atoms with van der Waals surface area (Å²) in [5, 5.41) is 14.9. The number of amides is 3. The number of carboxylic acid groups (broad SMARTS) is 1. The number of rotatable bonds is 12. The minimum absolute atomic E-state index is 0.00954. The number of aldehydes is 2. The van der Waals surface area contributed by atoms with Gasteiger partial charge in [0.05, 0.1) is 12.5 Å². The molecule has 0 radical (unpaired) electrons. The van der Waals surface area contributed by atoms with Gasteiger partial charge in [-0.2, -0.15) is 0 Å². The second-order valence-corrected chi connectivity index (χ2v) is 7.67. The summed E-state index contributed by atoms with van der Waals surface area (Å²) >= 11 is 0. The second-order valence-electron chi connectivity index (χ2n) is 7.67. The number of carbonyl (C=O) groups excluding carboxylic acids is 5. The van der Waals surface area contributed by atoms with Gasteiger partial charge in [0.2, 0.25) is 11.8 Å². The van der Waals surface area contributed by atoms with E-state index in [2.05, 4.69) is 16.1 Å². The Labute approximate surface area is 196 Å². The highest BCUT2D eigenvalue weighted by atomic mass is 16.4. The van der Waals surface area contributed by atoms with Gasteiger partial charge in [-0.05, 0) is 30.9 Å². The van der Waals surface area contributed by atoms with E-state index in [4.69, 9.17) is 5.11 Å². The average Bonchev–Trinajstić information content (AvgIpc) is 2.84. The maximum absolute atomic E-state index is 13.2. The molecule has 0 aliphatic carbocycles. The largest absolute Gasteiger partial charge is 0.481 e. The first-order valence-electron chi connectivity index (χ1n) is 10.9. The maximum atomic E-state index is 13.2. The molecule has 2 rings (SSSR count). The summed E-state index contributed by atoms with van der Waals surface area (Å²) in [5.74, 6) is -3.12. The van der Waals surface area contributed by atoms with Crippen molar-refractivity contribution in [2.45, 2.75) is 50.2 Å². The van der Waals surface area contributed by atoms with Crippen molar-refractivity contribution in [3.05, 3.63) is 42.0 Å². The molecule has 1 fully saturated rings. The predicted molar refractivity (Wildman–Crippen MR) is 121 cm³/mol. The molecule has 1 aliphatic heterocycles. The molecule has 1 aromatic carbocycles. The van der Waals surface area contributed by atoms with Crippen molar-refractivity contribution >= 4 is 42.3 Å². The maximum Gasteiger partial charge on any atom is 0.305 e. The lowest BCUT2D eigenvalue weighted by atomic mass is 10.0. The van der Waals surface area contributed by atoms with Crippen LogP contribution < -0.4 is 16.1 Å². The summed E-state index contributed by atoms with van der Waals surface area (Å²) in [6.07, 6.45) is 4.06. The van der Waals surface area contributed by atoms with E-state index in [0.717, 1.165) is 10.6 Å². The molecule has 1 aromatic rings. The normalized spacial score (nSPS) is 17.4. The van der Waals surface area contributed by atoms with Crippen molar-refractivity contribution in [3.8, 4) is 0 Å². The van der Waals surface area contributed by atoms with Gasteiger partial charge in [0, 0.05) is 19.0 Å². The molecule has 3 atom stereocenters. The summed E-state index contributed by atoms with van der Waals surface area (Å²) in [7, 11) is 0. The lowest BCUT2D eigenvalue weighted by Crippen LogP contribution is -2.63. The highest BCUT2D eigenvalue weighted by Crippen LogP contribution is 2.14. The predicted octanol–water partition coefficient (Wildman–Crippen LogP) is -0.182. The zero-order chi connectivity index (χ0) is 24.9. The van der Waals surface area contributed by atoms with Gasteiger partial charge in [0.15, 0.2) is 0 Å². The molecular weight excluding hydrogens is 444 g/mol. The van der Waals surface area contributed by atoms with Crippen molar-refractivity contribution in [2.75, 3.05) is 6.54 Å². The Kier molecular flexibility index (Phi) is 10.6. The van der Waals surface area contributed by atoms with Crippen molar-refractivity contribution in [1.82, 2.24) is 21.1 Å². The first kappa shape index (κ1) is 26.4. The Balaban J connectivity index is 2.12. The van der Waals surface area contributed by atoms with Crippen LogP contribution in [-0.4, -0.2) is 71.0 Å². The molecular formula is C23H28N4O7. The Morgan fingerprint density at radius 3 is 2.53 bits per heavy atom. The van der Waals surface area contributed by atoms with Crippen LogP contribution in [0, 0.1) is 0 Å². The third kappa shape index (κ3) is 8.24. The highest BCUT2D eigenvalue weighted by Gasteiger charge is 2.36. The Morgan fingerprint density at radius 2 is 1.88 bits per heavy atom. The topological polar surface area (TPSA) is 162 Å². The molecule has 0 unspecified atom stereocenters. The second kappa shape index (κ2) is 13.6. The average molecular weight is 472 g/mol. The molecule has 182 valence electrons. The van der Waals surface area contributed by atoms with Crippen LogP contribution in [-0.2, 0) is 28.8 Å². The molecule has 1 aliphatic rings. The van der Waals surface area contributed by atoms with E-state index in [1.807, 2.05) is 18.2 Å². The number of nitrogens with one attached hydrogen (secondary N) is 3. The molecule has 0 spiro atoms. The number of hydrogen-bond acceptors (Lipinski definition) is 7. The lowest BCUT2D eigenvalue weighted by Gasteiger charge is -2.37. The molecule has 4 N–H and O–H groups in total. The van der Waals surface area contributed by atoms with Gasteiger partial charge in [-0.1, -0.05) is 30.3 Å². The first-order valence-corrected chi connectivity index (χ1v) is 10.9. The molecule has 11 heteroatoms. The van der Waals surface area contributed by atoms with E-state index in [9.17, 15) is 28.8 Å². The van der Waals surface area contributed by atoms with Crippen molar-refractivity contribution in [1.29, 1.82) is 0 Å². The minimum Gasteiger partial charge on any atom is -0.481 e. The molecule has 11 nitrogen and oxygen atoms in total. The number of carboxylic acids is 1. The monoisotopic (exact) mass is 472 g/mol. The Bertz CT molecular complexity index is 919. The number of hydrazine groups is 1. The third-order valence-electron chi connectivity index (χ3n) is 5.09. The summed E-state index contributed by atoms with van der Waals surface area (Å²) in [6.45, 7) is 0.393. The zero-order valence-electron chi connectivity index (χ0n) is 18.5. The number of aliphatic carboxylic acids is 1. The molecule has 0 bridgehead atoms. The fourth-order valence-corrected chi connectivity index (χ4v) is 3.43. The molecule has 34 heavy (non-hydrogen) atoms. The van der Waals surface area contributed by atoms with Crippen LogP contribution in [0.4, 0.5) is 0 Å². The van der Waals surface area contributed by atoms with E-state index in [1.54, 1.807) is 18.2 Å². The van der Waals surface area contributed by atoms with Crippen molar-refractivity contribution < 1.29 is 33.9 Å². The quantitative estimate of drug-likeness (QED) is 0.240. The fraction of sp³-hybridized carbons (Fsp3) is 0.391. The van der Waals surface area contributed by atoms with Crippen LogP contribution in [0.5, 0.6) is 0 Å². The zero-order valence-corrected chi connectivity index (χ0v) is 18.5. The van der Waals surface area contributed by atoms with E-state index in [0.29, 0.717) is 25.5 Å². The van der Waals surface area contributed by atoms with Gasteiger partial charge in [-0.15, -0.1) is 0 Å². The van der Waals surface area contributed by atoms with Gasteiger partial charge in [0.1, 0.15) is 24.7 Å². The van der Waals surface area contributed by atoms with Gasteiger partial charge < -0.3 is 25.3 Å². The number of benzene rings is 1. The van der Waals surface area contributed by atoms with E-state index >= 15 is 0 Å². The van der Waals surface area contributed by atoms with E-state index in [1.165, 1.54) is 6.08 Å². The highest BCUT2D eigenvalue weighted by molar-refractivity contribution is 5.97. The van der Waals surface area contributed by atoms with Gasteiger partial charge >= 0.3 is 5.97 Å². The van der Waals surface area contributed by atoms with Crippen LogP contribution >= 0.6 is 0 Å². The van der Waals surface area contributed by atoms with E-state index < -0.39 is 48.2 Å². The van der Waals surface area contributed by atoms with Crippen LogP contribution in [0.2, 0.25) is 0 Å². The van der Waals surface area contributed by atoms with Gasteiger partial charge in [0.25, 0.3) is 5.91 Å². The molecule has 1 heterocycles. The molecule has 3 amide bonds. The van der Waals surface area contributed by atoms with Crippen LogP contribution in [0.3, 0.4) is 0 Å². The Hall–Kier alpha value is -3.86. The molecule has 0 aromatic heterocycles. The van der Waals surface area contributed by atoms with Crippen molar-refractivity contribution in [2.24, 2.45) is 0 Å². The minimum atomic E-state index is -1.26. The lowest BCUT2D eigenvalue weighted by molar-refractivity contribution is -0.149. The Morgan fingerprint density at radius 1 is 1.15 bits per heavy atom. The van der Waals surface area contributed by atoms with Crippen LogP contribution in [0.25, 0.3) is 6.08 Å². The summed E-state index contributed by atoms with van der Waals surface area (Å²) < 4.78 is 0. The van der Waals surface area contributed by atoms with Gasteiger partial charge in [-0.3, -0.25) is 24.2 Å².